The largest absolute Gasteiger partial charge is 0.508 e. The summed E-state index contributed by atoms with van der Waals surface area (Å²) in [5.74, 6) is -1.70. The highest BCUT2D eigenvalue weighted by molar-refractivity contribution is 5.94. The van der Waals surface area contributed by atoms with Crippen molar-refractivity contribution in [2.45, 2.75) is 57.7 Å². The fourth-order valence-corrected chi connectivity index (χ4v) is 3.76. The van der Waals surface area contributed by atoms with Crippen molar-refractivity contribution in [1.29, 1.82) is 0 Å². The molecule has 0 bridgehead atoms. The van der Waals surface area contributed by atoms with E-state index in [1.54, 1.807) is 12.1 Å². The van der Waals surface area contributed by atoms with E-state index in [9.17, 15) is 24.3 Å². The van der Waals surface area contributed by atoms with Gasteiger partial charge in [0.1, 0.15) is 17.8 Å². The number of nitrogens with one attached hydrogen (secondary N) is 2. The lowest BCUT2D eigenvalue weighted by atomic mass is 10.0. The number of aromatic hydroxyl groups is 1. The van der Waals surface area contributed by atoms with E-state index in [0.29, 0.717) is 25.8 Å². The van der Waals surface area contributed by atoms with Crippen LogP contribution in [0.3, 0.4) is 0 Å². The number of phenols is 1. The minimum absolute atomic E-state index is 0.111. The van der Waals surface area contributed by atoms with Crippen molar-refractivity contribution in [3.63, 3.8) is 0 Å². The number of benzene rings is 1. The van der Waals surface area contributed by atoms with E-state index in [1.165, 1.54) is 17.0 Å². The molecule has 0 unspecified atom stereocenters. The van der Waals surface area contributed by atoms with Crippen LogP contribution in [0.25, 0.3) is 0 Å². The summed E-state index contributed by atoms with van der Waals surface area (Å²) in [6.45, 7) is 3.91. The predicted octanol–water partition coefficient (Wildman–Crippen LogP) is -0.615. The third-order valence-electron chi connectivity index (χ3n) is 5.32. The molecule has 1 saturated heterocycles. The molecule has 10 heteroatoms. The van der Waals surface area contributed by atoms with Crippen molar-refractivity contribution in [3.8, 4) is 5.75 Å². The fourth-order valence-electron chi connectivity index (χ4n) is 3.76. The van der Waals surface area contributed by atoms with Crippen molar-refractivity contribution in [1.82, 2.24) is 15.5 Å². The van der Waals surface area contributed by atoms with Crippen molar-refractivity contribution < 1.29 is 24.3 Å². The second-order valence-corrected chi connectivity index (χ2v) is 8.54. The number of carbonyl (C=O) groups is 4. The Bertz CT molecular complexity index is 827. The van der Waals surface area contributed by atoms with Crippen molar-refractivity contribution in [2.75, 3.05) is 13.1 Å². The number of rotatable bonds is 10. The van der Waals surface area contributed by atoms with Crippen LogP contribution in [0, 0.1) is 5.92 Å². The van der Waals surface area contributed by atoms with Gasteiger partial charge in [0.15, 0.2) is 0 Å². The lowest BCUT2D eigenvalue weighted by Crippen LogP contribution is -2.56. The highest BCUT2D eigenvalue weighted by Gasteiger charge is 2.37. The molecule has 1 fully saturated rings. The molecule has 2 rings (SSSR count). The van der Waals surface area contributed by atoms with Crippen LogP contribution in [0.4, 0.5) is 0 Å². The van der Waals surface area contributed by atoms with Crippen LogP contribution in [0.2, 0.25) is 0 Å². The number of nitrogens with two attached hydrogens (primary N) is 2. The molecule has 10 nitrogen and oxygen atoms in total. The Morgan fingerprint density at radius 3 is 2.44 bits per heavy atom. The Balaban J connectivity index is 2.03. The smallest absolute Gasteiger partial charge is 0.243 e. The van der Waals surface area contributed by atoms with E-state index < -0.39 is 35.8 Å². The number of phenolic OH excluding ortho intramolecular Hbond substituents is 1. The summed E-state index contributed by atoms with van der Waals surface area (Å²) in [5, 5.41) is 14.5. The average Bonchev–Trinajstić information content (AvgIpc) is 3.22. The molecule has 1 aromatic rings. The number of likely N-dealkylation sites (tertiary alicyclic amines) is 1. The maximum absolute atomic E-state index is 13.0. The summed E-state index contributed by atoms with van der Waals surface area (Å²) in [6, 6.07) is 4.04. The van der Waals surface area contributed by atoms with Crippen LogP contribution in [-0.2, 0) is 25.6 Å². The van der Waals surface area contributed by atoms with Gasteiger partial charge in [-0.2, -0.15) is 0 Å². The monoisotopic (exact) mass is 447 g/mol. The van der Waals surface area contributed by atoms with Gasteiger partial charge >= 0.3 is 0 Å². The van der Waals surface area contributed by atoms with Gasteiger partial charge in [-0.3, -0.25) is 19.2 Å². The zero-order valence-electron chi connectivity index (χ0n) is 18.5. The van der Waals surface area contributed by atoms with Gasteiger partial charge in [0.2, 0.25) is 23.6 Å². The van der Waals surface area contributed by atoms with Gasteiger partial charge in [-0.05, 0) is 49.3 Å². The summed E-state index contributed by atoms with van der Waals surface area (Å²) >= 11 is 0. The van der Waals surface area contributed by atoms with Gasteiger partial charge in [0, 0.05) is 6.54 Å². The van der Waals surface area contributed by atoms with E-state index in [4.69, 9.17) is 11.5 Å². The van der Waals surface area contributed by atoms with Gasteiger partial charge in [-0.15, -0.1) is 0 Å². The second kappa shape index (κ2) is 11.5. The van der Waals surface area contributed by atoms with E-state index in [2.05, 4.69) is 10.6 Å². The first-order chi connectivity index (χ1) is 15.1. The molecule has 1 aliphatic heterocycles. The molecule has 0 aromatic heterocycles. The third kappa shape index (κ3) is 7.23. The van der Waals surface area contributed by atoms with Gasteiger partial charge in [0.25, 0.3) is 0 Å². The first-order valence-corrected chi connectivity index (χ1v) is 10.8. The van der Waals surface area contributed by atoms with E-state index in [-0.39, 0.29) is 30.5 Å². The zero-order chi connectivity index (χ0) is 23.8. The van der Waals surface area contributed by atoms with Crippen LogP contribution < -0.4 is 22.1 Å². The normalized spacial score (nSPS) is 17.6. The molecular weight excluding hydrogens is 414 g/mol. The standard InChI is InChI=1S/C22H33N5O5/c1-13(2)10-17(20(30)25-12-19(24)29)26-21(31)18-4-3-9-27(18)22(32)16(23)11-14-5-7-15(28)8-6-14/h5-8,13,16-18,28H,3-4,9-12,23H2,1-2H3,(H2,24,29)(H,25,30)(H,26,31)/t16-,17+,18-/m1/s1. The molecule has 0 aliphatic carbocycles. The molecular formula is C22H33N5O5. The van der Waals surface area contributed by atoms with E-state index >= 15 is 0 Å². The summed E-state index contributed by atoms with van der Waals surface area (Å²) in [4.78, 5) is 50.8. The topological polar surface area (TPSA) is 168 Å². The van der Waals surface area contributed by atoms with Crippen molar-refractivity contribution in [3.05, 3.63) is 29.8 Å². The van der Waals surface area contributed by atoms with Crippen molar-refractivity contribution in [2.24, 2.45) is 17.4 Å². The Hall–Kier alpha value is -3.14. The SMILES string of the molecule is CC(C)C[C@H](NC(=O)[C@H]1CCCN1C(=O)[C@H](N)Cc1ccc(O)cc1)C(=O)NCC(N)=O. The van der Waals surface area contributed by atoms with E-state index in [0.717, 1.165) is 5.56 Å². The Morgan fingerprint density at radius 2 is 1.84 bits per heavy atom. The van der Waals surface area contributed by atoms with E-state index in [1.807, 2.05) is 13.8 Å². The van der Waals surface area contributed by atoms with Gasteiger partial charge in [-0.1, -0.05) is 26.0 Å². The minimum Gasteiger partial charge on any atom is -0.508 e. The number of primary amides is 1. The third-order valence-corrected chi connectivity index (χ3v) is 5.32. The lowest BCUT2D eigenvalue weighted by Gasteiger charge is -2.28. The van der Waals surface area contributed by atoms with Gasteiger partial charge in [0.05, 0.1) is 12.6 Å². The Kier molecular flexibility index (Phi) is 9.01. The summed E-state index contributed by atoms with van der Waals surface area (Å²) in [7, 11) is 0. The zero-order valence-corrected chi connectivity index (χ0v) is 18.5. The molecule has 1 aliphatic rings. The van der Waals surface area contributed by atoms with Gasteiger partial charge in [-0.25, -0.2) is 0 Å². The second-order valence-electron chi connectivity index (χ2n) is 8.54. The number of hydrogen-bond donors (Lipinski definition) is 5. The molecule has 0 saturated carbocycles. The van der Waals surface area contributed by atoms with Crippen molar-refractivity contribution >= 4 is 23.6 Å². The first-order valence-electron chi connectivity index (χ1n) is 10.8. The lowest BCUT2D eigenvalue weighted by molar-refractivity contribution is -0.140. The van der Waals surface area contributed by atoms with Gasteiger partial charge < -0.3 is 32.1 Å². The average molecular weight is 448 g/mol. The molecule has 1 heterocycles. The maximum Gasteiger partial charge on any atom is 0.243 e. The molecule has 176 valence electrons. The predicted molar refractivity (Wildman–Crippen MR) is 118 cm³/mol. The number of nitrogens with zero attached hydrogens (tertiary/aromatic N) is 1. The number of hydrogen-bond acceptors (Lipinski definition) is 6. The summed E-state index contributed by atoms with van der Waals surface area (Å²) in [6.07, 6.45) is 1.77. The molecule has 0 radical (unpaired) electrons. The molecule has 7 N–H and O–H groups in total. The van der Waals surface area contributed by atoms with Crippen LogP contribution in [0.15, 0.2) is 24.3 Å². The maximum atomic E-state index is 13.0. The first kappa shape index (κ1) is 25.1. The number of carbonyl (C=O) groups excluding carboxylic acids is 4. The van der Waals surface area contributed by atoms with Crippen LogP contribution in [0.5, 0.6) is 5.75 Å². The Morgan fingerprint density at radius 1 is 1.19 bits per heavy atom. The highest BCUT2D eigenvalue weighted by Crippen LogP contribution is 2.20. The molecule has 0 spiro atoms. The molecule has 32 heavy (non-hydrogen) atoms. The summed E-state index contributed by atoms with van der Waals surface area (Å²) in [5.41, 5.74) is 12.0. The summed E-state index contributed by atoms with van der Waals surface area (Å²) < 4.78 is 0. The quantitative estimate of drug-likeness (QED) is 0.320. The number of amides is 4. The fraction of sp³-hybridized carbons (Fsp3) is 0.545. The highest BCUT2D eigenvalue weighted by atomic mass is 16.3. The Labute approximate surface area is 187 Å². The molecule has 4 amide bonds. The van der Waals surface area contributed by atoms with Crippen LogP contribution >= 0.6 is 0 Å². The minimum atomic E-state index is -0.843. The van der Waals surface area contributed by atoms with Crippen LogP contribution in [0.1, 0.15) is 38.7 Å². The molecule has 3 atom stereocenters. The van der Waals surface area contributed by atoms with Crippen LogP contribution in [-0.4, -0.2) is 64.9 Å². The molecule has 1 aromatic carbocycles.